The molecule has 140 valence electrons. The Bertz CT molecular complexity index is 771. The smallest absolute Gasteiger partial charge is 0.406 e. The van der Waals surface area contributed by atoms with Gasteiger partial charge in [0.2, 0.25) is 0 Å². The van der Waals surface area contributed by atoms with E-state index in [-0.39, 0.29) is 11.3 Å². The molecule has 2 aromatic carbocycles. The van der Waals surface area contributed by atoms with Crippen molar-refractivity contribution >= 4 is 10.8 Å². The number of hydrogen-bond donors (Lipinski definition) is 2. The monoisotopic (exact) mass is 384 g/mol. The molecule has 0 aliphatic carbocycles. The van der Waals surface area contributed by atoms with Gasteiger partial charge < -0.3 is 10.1 Å². The Balaban J connectivity index is 1.68. The van der Waals surface area contributed by atoms with E-state index in [1.807, 2.05) is 19.1 Å². The molecule has 0 amide bonds. The molecule has 4 nitrogen and oxygen atoms in total. The van der Waals surface area contributed by atoms with Crippen LogP contribution in [0.5, 0.6) is 5.75 Å². The zero-order valence-corrected chi connectivity index (χ0v) is 14.9. The first-order valence-corrected chi connectivity index (χ1v) is 9.36. The molecule has 0 spiro atoms. The number of benzene rings is 2. The number of hydrogen-bond acceptors (Lipinski definition) is 4. The molecule has 0 aromatic heterocycles. The fraction of sp³-hybridized carbons (Fsp3) is 0.333. The highest BCUT2D eigenvalue weighted by molar-refractivity contribution is 7.85. The molecule has 2 unspecified atom stereocenters. The highest BCUT2D eigenvalue weighted by Gasteiger charge is 2.31. The Morgan fingerprint density at radius 1 is 1.08 bits per heavy atom. The van der Waals surface area contributed by atoms with Gasteiger partial charge in [0, 0.05) is 29.4 Å². The van der Waals surface area contributed by atoms with Gasteiger partial charge in [0.05, 0.1) is 10.8 Å². The molecule has 1 saturated heterocycles. The zero-order valence-electron chi connectivity index (χ0n) is 14.1. The van der Waals surface area contributed by atoms with E-state index in [9.17, 15) is 17.4 Å². The summed E-state index contributed by atoms with van der Waals surface area (Å²) in [6.07, 6.45) is -4.70. The van der Waals surface area contributed by atoms with Crippen molar-refractivity contribution in [3.8, 4) is 16.9 Å². The Morgan fingerprint density at radius 3 is 2.15 bits per heavy atom. The number of halogens is 3. The van der Waals surface area contributed by atoms with Crippen LogP contribution >= 0.6 is 0 Å². The van der Waals surface area contributed by atoms with E-state index in [0.29, 0.717) is 12.4 Å². The molecule has 26 heavy (non-hydrogen) atoms. The molecule has 8 heteroatoms. The van der Waals surface area contributed by atoms with Gasteiger partial charge in [-0.3, -0.25) is 9.53 Å². The average molecular weight is 384 g/mol. The van der Waals surface area contributed by atoms with Crippen molar-refractivity contribution < 1.29 is 22.1 Å². The Labute approximate surface area is 152 Å². The Morgan fingerprint density at radius 2 is 1.65 bits per heavy atom. The predicted octanol–water partition coefficient (Wildman–Crippen LogP) is 3.27. The SMILES string of the molecule is CC1(CS(=O)c2ccc(-c3ccc(OC(F)(F)F)cc3)cc2)CNCN1. The van der Waals surface area contributed by atoms with E-state index >= 15 is 0 Å². The van der Waals surface area contributed by atoms with Crippen molar-refractivity contribution in [2.75, 3.05) is 19.0 Å². The highest BCUT2D eigenvalue weighted by Crippen LogP contribution is 2.27. The topological polar surface area (TPSA) is 50.4 Å². The van der Waals surface area contributed by atoms with Gasteiger partial charge in [0.1, 0.15) is 5.75 Å². The van der Waals surface area contributed by atoms with E-state index in [0.717, 1.165) is 22.6 Å². The summed E-state index contributed by atoms with van der Waals surface area (Å²) in [7, 11) is -1.14. The lowest BCUT2D eigenvalue weighted by Crippen LogP contribution is -2.44. The van der Waals surface area contributed by atoms with Gasteiger partial charge in [-0.05, 0) is 42.3 Å². The third kappa shape index (κ3) is 4.84. The maximum absolute atomic E-state index is 12.6. The predicted molar refractivity (Wildman–Crippen MR) is 94.2 cm³/mol. The summed E-state index contributed by atoms with van der Waals surface area (Å²) in [4.78, 5) is 0.723. The fourth-order valence-electron chi connectivity index (χ4n) is 2.80. The lowest BCUT2D eigenvalue weighted by Gasteiger charge is -2.22. The maximum atomic E-state index is 12.6. The van der Waals surface area contributed by atoms with E-state index in [1.165, 1.54) is 12.1 Å². The zero-order chi connectivity index (χ0) is 18.8. The minimum absolute atomic E-state index is 0.197. The van der Waals surface area contributed by atoms with Crippen LogP contribution in [0.4, 0.5) is 13.2 Å². The third-order valence-corrected chi connectivity index (χ3v) is 5.84. The van der Waals surface area contributed by atoms with Gasteiger partial charge in [0.25, 0.3) is 0 Å². The first kappa shape index (κ1) is 18.9. The van der Waals surface area contributed by atoms with Crippen LogP contribution in [0.2, 0.25) is 0 Å². The van der Waals surface area contributed by atoms with Crippen LogP contribution in [-0.2, 0) is 10.8 Å². The van der Waals surface area contributed by atoms with E-state index in [4.69, 9.17) is 0 Å². The van der Waals surface area contributed by atoms with E-state index in [1.54, 1.807) is 24.3 Å². The average Bonchev–Trinajstić information content (AvgIpc) is 3.00. The molecule has 0 radical (unpaired) electrons. The molecule has 0 bridgehead atoms. The fourth-order valence-corrected chi connectivity index (χ4v) is 4.19. The molecule has 1 fully saturated rings. The molecule has 3 rings (SSSR count). The largest absolute Gasteiger partial charge is 0.573 e. The molecule has 1 aliphatic rings. The van der Waals surface area contributed by atoms with Crippen LogP contribution in [-0.4, -0.2) is 35.1 Å². The minimum atomic E-state index is -4.70. The summed E-state index contributed by atoms with van der Waals surface area (Å²) >= 11 is 0. The maximum Gasteiger partial charge on any atom is 0.573 e. The molecule has 1 aliphatic heterocycles. The van der Waals surface area contributed by atoms with E-state index < -0.39 is 17.2 Å². The summed E-state index contributed by atoms with van der Waals surface area (Å²) < 4.78 is 53.0. The van der Waals surface area contributed by atoms with Gasteiger partial charge in [0.15, 0.2) is 0 Å². The number of alkyl halides is 3. The van der Waals surface area contributed by atoms with Crippen molar-refractivity contribution in [3.05, 3.63) is 48.5 Å². The van der Waals surface area contributed by atoms with Gasteiger partial charge >= 0.3 is 6.36 Å². The van der Waals surface area contributed by atoms with Crippen LogP contribution in [0.25, 0.3) is 11.1 Å². The number of nitrogens with one attached hydrogen (secondary N) is 2. The molecular weight excluding hydrogens is 365 g/mol. The normalized spacial score (nSPS) is 21.5. The number of rotatable bonds is 5. The van der Waals surface area contributed by atoms with Crippen molar-refractivity contribution in [1.82, 2.24) is 10.6 Å². The molecule has 2 atom stereocenters. The van der Waals surface area contributed by atoms with Crippen molar-refractivity contribution in [3.63, 3.8) is 0 Å². The second-order valence-corrected chi connectivity index (χ2v) is 7.88. The third-order valence-electron chi connectivity index (χ3n) is 4.14. The lowest BCUT2D eigenvalue weighted by molar-refractivity contribution is -0.274. The second kappa shape index (κ2) is 7.38. The van der Waals surface area contributed by atoms with Crippen LogP contribution in [0, 0.1) is 0 Å². The van der Waals surface area contributed by atoms with Crippen molar-refractivity contribution in [2.24, 2.45) is 0 Å². The number of ether oxygens (including phenoxy) is 1. The second-order valence-electron chi connectivity index (χ2n) is 6.43. The molecule has 1 heterocycles. The molecule has 2 N–H and O–H groups in total. The van der Waals surface area contributed by atoms with Crippen LogP contribution in [0.3, 0.4) is 0 Å². The minimum Gasteiger partial charge on any atom is -0.406 e. The summed E-state index contributed by atoms with van der Waals surface area (Å²) in [5.41, 5.74) is 1.39. The first-order chi connectivity index (χ1) is 12.2. The first-order valence-electron chi connectivity index (χ1n) is 8.05. The standard InChI is InChI=1S/C18H19F3N2O2S/c1-17(10-22-12-23-17)11-26(24)16-8-4-14(5-9-16)13-2-6-15(7-3-13)25-18(19,20)21/h2-9,22-23H,10-12H2,1H3. The Kier molecular flexibility index (Phi) is 5.36. The lowest BCUT2D eigenvalue weighted by atomic mass is 10.1. The van der Waals surface area contributed by atoms with Gasteiger partial charge in [-0.15, -0.1) is 13.2 Å². The van der Waals surface area contributed by atoms with Crippen LogP contribution in [0.15, 0.2) is 53.4 Å². The Hall–Kier alpha value is -1.90. The summed E-state index contributed by atoms with van der Waals surface area (Å²) in [5, 5.41) is 6.49. The van der Waals surface area contributed by atoms with Crippen molar-refractivity contribution in [1.29, 1.82) is 0 Å². The van der Waals surface area contributed by atoms with Gasteiger partial charge in [-0.2, -0.15) is 0 Å². The van der Waals surface area contributed by atoms with Gasteiger partial charge in [-0.1, -0.05) is 24.3 Å². The molecular formula is C18H19F3N2O2S. The molecule has 2 aromatic rings. The highest BCUT2D eigenvalue weighted by atomic mass is 32.2. The quantitative estimate of drug-likeness (QED) is 0.831. The van der Waals surface area contributed by atoms with Crippen molar-refractivity contribution in [2.45, 2.75) is 23.7 Å². The summed E-state index contributed by atoms with van der Waals surface area (Å²) in [5.74, 6) is 0.243. The summed E-state index contributed by atoms with van der Waals surface area (Å²) in [6, 6.07) is 12.9. The van der Waals surface area contributed by atoms with Crippen LogP contribution in [0.1, 0.15) is 6.92 Å². The summed E-state index contributed by atoms with van der Waals surface area (Å²) in [6.45, 7) is 3.51. The van der Waals surface area contributed by atoms with Gasteiger partial charge in [-0.25, -0.2) is 0 Å². The van der Waals surface area contributed by atoms with Crippen LogP contribution < -0.4 is 15.4 Å². The molecule has 0 saturated carbocycles. The van der Waals surface area contributed by atoms with E-state index in [2.05, 4.69) is 15.4 Å².